The fourth-order valence-electron chi connectivity index (χ4n) is 0.979. The van der Waals surface area contributed by atoms with Crippen LogP contribution in [0.2, 0.25) is 0 Å². The molecule has 0 amide bonds. The molecule has 0 N–H and O–H groups in total. The van der Waals surface area contributed by atoms with Gasteiger partial charge in [-0.05, 0) is 12.7 Å². The van der Waals surface area contributed by atoms with Gasteiger partial charge in [-0.2, -0.15) is 5.26 Å². The first kappa shape index (κ1) is 12.0. The van der Waals surface area contributed by atoms with E-state index in [4.69, 9.17) is 5.26 Å². The Bertz CT molecular complexity index is 217. The maximum Gasteiger partial charge on any atom is 0.208 e. The number of hydrogen-bond donors (Lipinski definition) is 0. The minimum atomic E-state index is 0.745. The second kappa shape index (κ2) is 7.69. The highest BCUT2D eigenvalue weighted by molar-refractivity contribution is 8.13. The highest BCUT2D eigenvalue weighted by Gasteiger charge is 2.06. The van der Waals surface area contributed by atoms with Gasteiger partial charge in [0.15, 0.2) is 5.17 Å². The molecule has 0 atom stereocenters. The molecule has 0 spiro atoms. The lowest BCUT2D eigenvalue weighted by Crippen LogP contribution is -2.29. The van der Waals surface area contributed by atoms with E-state index >= 15 is 0 Å². The van der Waals surface area contributed by atoms with Gasteiger partial charge in [-0.25, -0.2) is 0 Å². The number of nitrogens with zero attached hydrogens (tertiary/aromatic N) is 3. The molecule has 0 radical (unpaired) electrons. The molecule has 72 valence electrons. The van der Waals surface area contributed by atoms with E-state index in [-0.39, 0.29) is 0 Å². The zero-order valence-electron chi connectivity index (χ0n) is 8.16. The van der Waals surface area contributed by atoms with Gasteiger partial charge >= 0.3 is 0 Å². The Labute approximate surface area is 84.1 Å². The molecule has 0 saturated carbocycles. The van der Waals surface area contributed by atoms with Crippen LogP contribution in [0, 0.1) is 11.5 Å². The van der Waals surface area contributed by atoms with Crippen LogP contribution in [0.4, 0.5) is 0 Å². The van der Waals surface area contributed by atoms with Crippen molar-refractivity contribution in [1.82, 2.24) is 4.90 Å². The molecule has 0 aliphatic carbocycles. The third-order valence-corrected chi connectivity index (χ3v) is 2.16. The van der Waals surface area contributed by atoms with Gasteiger partial charge in [-0.3, -0.25) is 0 Å². The van der Waals surface area contributed by atoms with Gasteiger partial charge in [-0.15, -0.1) is 11.6 Å². The molecule has 3 nitrogen and oxygen atoms in total. The summed E-state index contributed by atoms with van der Waals surface area (Å²) in [5.41, 5.74) is 0. The highest BCUT2D eigenvalue weighted by atomic mass is 32.2. The van der Waals surface area contributed by atoms with Crippen molar-refractivity contribution in [1.29, 1.82) is 5.26 Å². The molecule has 13 heavy (non-hydrogen) atoms. The van der Waals surface area contributed by atoms with Gasteiger partial charge in [-0.1, -0.05) is 24.8 Å². The van der Waals surface area contributed by atoms with Gasteiger partial charge < -0.3 is 4.90 Å². The molecule has 0 aromatic heterocycles. The third kappa shape index (κ3) is 4.58. The van der Waals surface area contributed by atoms with Crippen molar-refractivity contribution in [3.63, 3.8) is 0 Å². The molecular formula is C9H15N3S. The van der Waals surface area contributed by atoms with Gasteiger partial charge in [0.05, 0.1) is 0 Å². The number of aliphatic imine (C=N–C) groups is 1. The summed E-state index contributed by atoms with van der Waals surface area (Å²) < 4.78 is 0. The molecule has 0 aromatic rings. The number of amidine groups is 1. The van der Waals surface area contributed by atoms with Crippen molar-refractivity contribution in [2.45, 2.75) is 13.3 Å². The van der Waals surface area contributed by atoms with E-state index in [1.807, 2.05) is 23.4 Å². The van der Waals surface area contributed by atoms with Crippen LogP contribution in [0.5, 0.6) is 0 Å². The van der Waals surface area contributed by atoms with Crippen LogP contribution in [-0.2, 0) is 0 Å². The first-order valence-corrected chi connectivity index (χ1v) is 5.39. The normalized spacial score (nSPS) is 10.7. The Morgan fingerprint density at radius 3 is 2.85 bits per heavy atom. The number of thioether (sulfide) groups is 1. The standard InChI is InChI=1S/C9H15N3S/c1-4-6-12(7-5-2)9(13-3)11-8-10/h4H,1,5-7H2,2-3H3. The molecular weight excluding hydrogens is 182 g/mol. The van der Waals surface area contributed by atoms with Crippen molar-refractivity contribution in [2.24, 2.45) is 4.99 Å². The van der Waals surface area contributed by atoms with E-state index < -0.39 is 0 Å². The first-order chi connectivity index (χ1) is 6.29. The second-order valence-electron chi connectivity index (χ2n) is 2.43. The Kier molecular flexibility index (Phi) is 7.12. The van der Waals surface area contributed by atoms with E-state index in [1.165, 1.54) is 11.8 Å². The Hall–Kier alpha value is -0.950. The lowest BCUT2D eigenvalue weighted by Gasteiger charge is -2.21. The predicted octanol–water partition coefficient (Wildman–Crippen LogP) is 2.08. The van der Waals surface area contributed by atoms with Crippen LogP contribution in [0.3, 0.4) is 0 Å². The van der Waals surface area contributed by atoms with Crippen molar-refractivity contribution >= 4 is 16.9 Å². The molecule has 0 aliphatic rings. The van der Waals surface area contributed by atoms with Crippen LogP contribution < -0.4 is 0 Å². The monoisotopic (exact) mass is 197 g/mol. The van der Waals surface area contributed by atoms with E-state index in [0.29, 0.717) is 0 Å². The van der Waals surface area contributed by atoms with E-state index in [2.05, 4.69) is 18.5 Å². The molecule has 0 aliphatic heterocycles. The zero-order chi connectivity index (χ0) is 10.1. The Morgan fingerprint density at radius 2 is 2.46 bits per heavy atom. The summed E-state index contributed by atoms with van der Waals surface area (Å²) >= 11 is 1.49. The number of hydrogen-bond acceptors (Lipinski definition) is 3. The van der Waals surface area contributed by atoms with E-state index in [0.717, 1.165) is 24.7 Å². The summed E-state index contributed by atoms with van der Waals surface area (Å²) in [5, 5.41) is 9.22. The van der Waals surface area contributed by atoms with E-state index in [1.54, 1.807) is 0 Å². The molecule has 0 unspecified atom stereocenters. The minimum absolute atomic E-state index is 0.745. The zero-order valence-corrected chi connectivity index (χ0v) is 8.97. The summed E-state index contributed by atoms with van der Waals surface area (Å²) in [6.45, 7) is 7.42. The second-order valence-corrected chi connectivity index (χ2v) is 3.21. The molecule has 0 heterocycles. The molecule has 0 fully saturated rings. The largest absolute Gasteiger partial charge is 0.347 e. The maximum absolute atomic E-state index is 8.45. The topological polar surface area (TPSA) is 39.4 Å². The van der Waals surface area contributed by atoms with Gasteiger partial charge in [0.25, 0.3) is 0 Å². The average molecular weight is 197 g/mol. The SMILES string of the molecule is C=CCN(CCC)C(=NC#N)SC. The summed E-state index contributed by atoms with van der Waals surface area (Å²) in [6, 6.07) is 0. The van der Waals surface area contributed by atoms with E-state index in [9.17, 15) is 0 Å². The maximum atomic E-state index is 8.45. The van der Waals surface area contributed by atoms with Crippen molar-refractivity contribution in [2.75, 3.05) is 19.3 Å². The van der Waals surface area contributed by atoms with Crippen molar-refractivity contribution in [3.05, 3.63) is 12.7 Å². The quantitative estimate of drug-likeness (QED) is 0.300. The third-order valence-electron chi connectivity index (χ3n) is 1.44. The smallest absolute Gasteiger partial charge is 0.208 e. The number of rotatable bonds is 4. The Morgan fingerprint density at radius 1 is 1.77 bits per heavy atom. The summed E-state index contributed by atoms with van der Waals surface area (Å²) in [4.78, 5) is 5.79. The van der Waals surface area contributed by atoms with Crippen molar-refractivity contribution in [3.8, 4) is 6.19 Å². The molecule has 0 aromatic carbocycles. The van der Waals surface area contributed by atoms with Gasteiger partial charge in [0, 0.05) is 13.1 Å². The lowest BCUT2D eigenvalue weighted by molar-refractivity contribution is 0.469. The van der Waals surface area contributed by atoms with Gasteiger partial charge in [0.1, 0.15) is 0 Å². The van der Waals surface area contributed by atoms with Crippen LogP contribution in [-0.4, -0.2) is 29.4 Å². The fourth-order valence-corrected chi connectivity index (χ4v) is 1.54. The van der Waals surface area contributed by atoms with Crippen LogP contribution in [0.15, 0.2) is 17.6 Å². The average Bonchev–Trinajstić information content (AvgIpc) is 2.14. The first-order valence-electron chi connectivity index (χ1n) is 4.16. The molecule has 0 rings (SSSR count). The Balaban J connectivity index is 4.39. The molecule has 4 heteroatoms. The summed E-state index contributed by atoms with van der Waals surface area (Å²) in [7, 11) is 0. The van der Waals surface area contributed by atoms with Crippen molar-refractivity contribution < 1.29 is 0 Å². The van der Waals surface area contributed by atoms with Crippen LogP contribution in [0.25, 0.3) is 0 Å². The van der Waals surface area contributed by atoms with Crippen LogP contribution in [0.1, 0.15) is 13.3 Å². The highest BCUT2D eigenvalue weighted by Crippen LogP contribution is 2.06. The fraction of sp³-hybridized carbons (Fsp3) is 0.556. The summed E-state index contributed by atoms with van der Waals surface area (Å²) in [6.07, 6.45) is 6.58. The van der Waals surface area contributed by atoms with Crippen LogP contribution >= 0.6 is 11.8 Å². The minimum Gasteiger partial charge on any atom is -0.347 e. The number of nitriles is 1. The molecule has 0 bridgehead atoms. The molecule has 0 saturated heterocycles. The lowest BCUT2D eigenvalue weighted by atomic mass is 10.4. The summed E-state index contributed by atoms with van der Waals surface area (Å²) in [5.74, 6) is 0. The van der Waals surface area contributed by atoms with Gasteiger partial charge in [0.2, 0.25) is 6.19 Å². The predicted molar refractivity (Wildman–Crippen MR) is 58.6 cm³/mol.